The molecule has 0 radical (unpaired) electrons. The lowest BCUT2D eigenvalue weighted by molar-refractivity contribution is 0.411. The first-order chi connectivity index (χ1) is 9.23. The third kappa shape index (κ3) is 5.60. The molecule has 1 aromatic rings. The molecule has 0 saturated heterocycles. The first-order valence-electron chi connectivity index (χ1n) is 6.18. The van der Waals surface area contributed by atoms with Crippen LogP contribution >= 0.6 is 0 Å². The fraction of sp³-hybridized carbons (Fsp3) is 0.538. The SMILES string of the molecule is COc1ccc(C(C)N)cc1CS(=O)CCS(C)(=O)=O. The molecule has 0 saturated carbocycles. The zero-order valence-electron chi connectivity index (χ0n) is 12.0. The second-order valence-electron chi connectivity index (χ2n) is 4.78. The molecule has 0 aliphatic rings. The van der Waals surface area contributed by atoms with Crippen LogP contribution in [0.1, 0.15) is 24.1 Å². The molecular formula is C13H21NO4S2. The van der Waals surface area contributed by atoms with Gasteiger partial charge in [-0.1, -0.05) is 6.07 Å². The van der Waals surface area contributed by atoms with Crippen LogP contribution in [-0.2, 0) is 26.4 Å². The first-order valence-corrected chi connectivity index (χ1v) is 9.73. The number of sulfone groups is 1. The first kappa shape index (κ1) is 17.1. The van der Waals surface area contributed by atoms with Gasteiger partial charge in [-0.3, -0.25) is 4.21 Å². The van der Waals surface area contributed by atoms with Crippen molar-refractivity contribution in [2.75, 3.05) is 24.9 Å². The van der Waals surface area contributed by atoms with Crippen LogP contribution in [0.25, 0.3) is 0 Å². The highest BCUT2D eigenvalue weighted by molar-refractivity contribution is 7.92. The molecule has 0 aliphatic carbocycles. The molecule has 1 rings (SSSR count). The van der Waals surface area contributed by atoms with Crippen molar-refractivity contribution >= 4 is 20.6 Å². The molecule has 20 heavy (non-hydrogen) atoms. The second-order valence-corrected chi connectivity index (χ2v) is 8.61. The van der Waals surface area contributed by atoms with Gasteiger partial charge in [-0.05, 0) is 24.6 Å². The van der Waals surface area contributed by atoms with Crippen molar-refractivity contribution in [2.24, 2.45) is 5.73 Å². The zero-order chi connectivity index (χ0) is 15.3. The van der Waals surface area contributed by atoms with Gasteiger partial charge in [0, 0.05) is 34.4 Å². The van der Waals surface area contributed by atoms with Crippen molar-refractivity contribution < 1.29 is 17.4 Å². The van der Waals surface area contributed by atoms with Crippen molar-refractivity contribution in [3.63, 3.8) is 0 Å². The van der Waals surface area contributed by atoms with E-state index in [0.29, 0.717) is 5.75 Å². The molecule has 2 unspecified atom stereocenters. The van der Waals surface area contributed by atoms with Gasteiger partial charge < -0.3 is 10.5 Å². The minimum absolute atomic E-state index is 0.0745. The summed E-state index contributed by atoms with van der Waals surface area (Å²) in [6, 6.07) is 5.40. The molecule has 0 fully saturated rings. The monoisotopic (exact) mass is 319 g/mol. The number of nitrogens with two attached hydrogens (primary N) is 1. The molecule has 7 heteroatoms. The van der Waals surface area contributed by atoms with Gasteiger partial charge in [0.25, 0.3) is 0 Å². The van der Waals surface area contributed by atoms with Gasteiger partial charge in [-0.25, -0.2) is 8.42 Å². The van der Waals surface area contributed by atoms with E-state index < -0.39 is 20.6 Å². The Morgan fingerprint density at radius 2 is 2.05 bits per heavy atom. The Balaban J connectivity index is 2.84. The average Bonchev–Trinajstić information content (AvgIpc) is 2.35. The molecule has 0 heterocycles. The average molecular weight is 319 g/mol. The Morgan fingerprint density at radius 1 is 1.40 bits per heavy atom. The predicted octanol–water partition coefficient (Wildman–Crippen LogP) is 1.01. The Bertz CT molecular complexity index is 582. The standard InChI is InChI=1S/C13H21NO4S2/c1-10(14)11-4-5-13(18-2)12(8-11)9-19(15)6-7-20(3,16)17/h4-5,8,10H,6-7,9,14H2,1-3H3. The summed E-state index contributed by atoms with van der Waals surface area (Å²) in [7, 11) is -2.80. The summed E-state index contributed by atoms with van der Waals surface area (Å²) in [5.41, 5.74) is 7.54. The maximum absolute atomic E-state index is 12.0. The maximum atomic E-state index is 12.0. The molecule has 114 valence electrons. The molecule has 1 aromatic carbocycles. The molecule has 0 spiro atoms. The number of ether oxygens (including phenoxy) is 1. The molecule has 2 N–H and O–H groups in total. The van der Waals surface area contributed by atoms with Crippen molar-refractivity contribution in [2.45, 2.75) is 18.7 Å². The highest BCUT2D eigenvalue weighted by Crippen LogP contribution is 2.24. The Morgan fingerprint density at radius 3 is 2.55 bits per heavy atom. The number of methoxy groups -OCH3 is 1. The number of rotatable bonds is 7. The van der Waals surface area contributed by atoms with Crippen molar-refractivity contribution in [3.05, 3.63) is 29.3 Å². The number of hydrogen-bond donors (Lipinski definition) is 1. The summed E-state index contributed by atoms with van der Waals surface area (Å²) in [5, 5.41) is 0. The van der Waals surface area contributed by atoms with Crippen LogP contribution in [0.4, 0.5) is 0 Å². The summed E-state index contributed by atoms with van der Waals surface area (Å²) >= 11 is 0. The van der Waals surface area contributed by atoms with Crippen molar-refractivity contribution in [1.82, 2.24) is 0 Å². The molecule has 5 nitrogen and oxygen atoms in total. The van der Waals surface area contributed by atoms with Crippen molar-refractivity contribution in [1.29, 1.82) is 0 Å². The van der Waals surface area contributed by atoms with Crippen molar-refractivity contribution in [3.8, 4) is 5.75 Å². The summed E-state index contributed by atoms with van der Waals surface area (Å²) in [4.78, 5) is 0. The van der Waals surface area contributed by atoms with Gasteiger partial charge in [-0.2, -0.15) is 0 Å². The zero-order valence-corrected chi connectivity index (χ0v) is 13.6. The van der Waals surface area contributed by atoms with Gasteiger partial charge in [0.2, 0.25) is 0 Å². The lowest BCUT2D eigenvalue weighted by atomic mass is 10.1. The van der Waals surface area contributed by atoms with Gasteiger partial charge in [0.1, 0.15) is 15.6 Å². The largest absolute Gasteiger partial charge is 0.496 e. The van der Waals surface area contributed by atoms with E-state index in [1.165, 1.54) is 0 Å². The lowest BCUT2D eigenvalue weighted by Gasteiger charge is -2.12. The van der Waals surface area contributed by atoms with E-state index in [2.05, 4.69) is 0 Å². The maximum Gasteiger partial charge on any atom is 0.148 e. The van der Waals surface area contributed by atoms with Crippen LogP contribution in [0.5, 0.6) is 5.75 Å². The number of hydrogen-bond acceptors (Lipinski definition) is 5. The van der Waals surface area contributed by atoms with E-state index in [1.807, 2.05) is 19.1 Å². The third-order valence-electron chi connectivity index (χ3n) is 2.83. The van der Waals surface area contributed by atoms with E-state index >= 15 is 0 Å². The highest BCUT2D eigenvalue weighted by Gasteiger charge is 2.12. The minimum atomic E-state index is -3.09. The highest BCUT2D eigenvalue weighted by atomic mass is 32.2. The third-order valence-corrected chi connectivity index (χ3v) is 5.33. The van der Waals surface area contributed by atoms with Crippen LogP contribution in [-0.4, -0.2) is 37.5 Å². The minimum Gasteiger partial charge on any atom is -0.496 e. The summed E-state index contributed by atoms with van der Waals surface area (Å²) in [6.07, 6.45) is 1.14. The molecule has 0 aliphatic heterocycles. The summed E-state index contributed by atoms with van der Waals surface area (Å²) in [5.74, 6) is 0.959. The topological polar surface area (TPSA) is 86.5 Å². The van der Waals surface area contributed by atoms with Crippen LogP contribution in [0.15, 0.2) is 18.2 Å². The molecular weight excluding hydrogens is 298 g/mol. The van der Waals surface area contributed by atoms with E-state index in [9.17, 15) is 12.6 Å². The van der Waals surface area contributed by atoms with Crippen LogP contribution in [0.2, 0.25) is 0 Å². The van der Waals surface area contributed by atoms with Gasteiger partial charge >= 0.3 is 0 Å². The molecule has 0 aromatic heterocycles. The van der Waals surface area contributed by atoms with Crippen LogP contribution < -0.4 is 10.5 Å². The van der Waals surface area contributed by atoms with Gasteiger partial charge in [-0.15, -0.1) is 0 Å². The fourth-order valence-corrected chi connectivity index (χ4v) is 4.36. The van der Waals surface area contributed by atoms with Gasteiger partial charge in [0.05, 0.1) is 18.6 Å². The summed E-state index contributed by atoms with van der Waals surface area (Å²) in [6.45, 7) is 1.87. The Labute approximate surface area is 122 Å². The van der Waals surface area contributed by atoms with E-state index in [4.69, 9.17) is 10.5 Å². The Kier molecular flexibility index (Phi) is 6.16. The predicted molar refractivity (Wildman–Crippen MR) is 82.0 cm³/mol. The molecule has 0 bridgehead atoms. The normalized spacial score (nSPS) is 14.8. The summed E-state index contributed by atoms with van der Waals surface area (Å²) < 4.78 is 39.4. The van der Waals surface area contributed by atoms with Crippen LogP contribution in [0.3, 0.4) is 0 Å². The molecule has 0 amide bonds. The lowest BCUT2D eigenvalue weighted by Crippen LogP contribution is -2.13. The fourth-order valence-electron chi connectivity index (χ4n) is 1.68. The smallest absolute Gasteiger partial charge is 0.148 e. The van der Waals surface area contributed by atoms with Crippen LogP contribution in [0, 0.1) is 0 Å². The Hall–Kier alpha value is -0.920. The second kappa shape index (κ2) is 7.19. The number of benzene rings is 1. The van der Waals surface area contributed by atoms with E-state index in [1.54, 1.807) is 13.2 Å². The van der Waals surface area contributed by atoms with E-state index in [0.717, 1.165) is 17.4 Å². The molecule has 2 atom stereocenters. The quantitative estimate of drug-likeness (QED) is 0.810. The van der Waals surface area contributed by atoms with Gasteiger partial charge in [0.15, 0.2) is 0 Å². The van der Waals surface area contributed by atoms with E-state index in [-0.39, 0.29) is 23.3 Å².